The van der Waals surface area contributed by atoms with Gasteiger partial charge in [0.2, 0.25) is 0 Å². The van der Waals surface area contributed by atoms with Crippen molar-refractivity contribution >= 4 is 16.5 Å². The van der Waals surface area contributed by atoms with Crippen molar-refractivity contribution in [3.05, 3.63) is 41.6 Å². The molecule has 1 aromatic heterocycles. The molecule has 0 amide bonds. The topological polar surface area (TPSA) is 41.8 Å². The highest BCUT2D eigenvalue weighted by atomic mass is 14.7. The number of aromatic amines is 1. The first kappa shape index (κ1) is 14.5. The van der Waals surface area contributed by atoms with Crippen molar-refractivity contribution in [2.24, 2.45) is 5.73 Å². The molecule has 1 heterocycles. The predicted molar refractivity (Wildman–Crippen MR) is 81.7 cm³/mol. The minimum atomic E-state index is 0.693. The van der Waals surface area contributed by atoms with Crippen LogP contribution in [-0.4, -0.2) is 11.5 Å². The van der Waals surface area contributed by atoms with E-state index in [1.54, 1.807) is 0 Å². The Balaban J connectivity index is 0.000000771. The van der Waals surface area contributed by atoms with E-state index >= 15 is 0 Å². The van der Waals surface area contributed by atoms with Gasteiger partial charge in [-0.1, -0.05) is 31.6 Å². The second kappa shape index (κ2) is 7.02. The zero-order valence-corrected chi connectivity index (χ0v) is 11.9. The molecule has 0 fully saturated rings. The van der Waals surface area contributed by atoms with Crippen molar-refractivity contribution < 1.29 is 0 Å². The summed E-state index contributed by atoms with van der Waals surface area (Å²) < 4.78 is 0. The maximum atomic E-state index is 5.63. The first-order chi connectivity index (χ1) is 8.76. The standard InChI is InChI=1S/C14H18N2.C2H6/c1-3-11(6-7-15)13-9-16-14-5-4-10(2)8-12(13)14;1-2/h3-5,8-9,16H,6-7,15H2,1-2H3;1-2H3/b11-3+;. The Labute approximate surface area is 110 Å². The lowest BCUT2D eigenvalue weighted by Gasteiger charge is -2.04. The van der Waals surface area contributed by atoms with E-state index < -0.39 is 0 Å². The third-order valence-corrected chi connectivity index (χ3v) is 2.95. The van der Waals surface area contributed by atoms with Crippen molar-refractivity contribution in [1.82, 2.24) is 4.98 Å². The average Bonchev–Trinajstić information content (AvgIpc) is 2.81. The Kier molecular flexibility index (Phi) is 5.66. The molecule has 18 heavy (non-hydrogen) atoms. The Bertz CT molecular complexity index is 521. The molecule has 0 aliphatic heterocycles. The molecule has 98 valence electrons. The van der Waals surface area contributed by atoms with Gasteiger partial charge in [-0.15, -0.1) is 0 Å². The molecule has 0 unspecified atom stereocenters. The van der Waals surface area contributed by atoms with E-state index in [1.807, 2.05) is 13.8 Å². The van der Waals surface area contributed by atoms with Gasteiger partial charge in [-0.05, 0) is 44.5 Å². The van der Waals surface area contributed by atoms with Crippen molar-refractivity contribution in [2.45, 2.75) is 34.1 Å². The molecular formula is C16H24N2. The summed E-state index contributed by atoms with van der Waals surface area (Å²) in [7, 11) is 0. The van der Waals surface area contributed by atoms with Crippen molar-refractivity contribution in [3.63, 3.8) is 0 Å². The molecular weight excluding hydrogens is 220 g/mol. The number of nitrogens with two attached hydrogens (primary N) is 1. The summed E-state index contributed by atoms with van der Waals surface area (Å²) in [5.74, 6) is 0. The average molecular weight is 244 g/mol. The van der Waals surface area contributed by atoms with Gasteiger partial charge < -0.3 is 10.7 Å². The van der Waals surface area contributed by atoms with Crippen LogP contribution in [0.2, 0.25) is 0 Å². The number of allylic oxidation sites excluding steroid dienone is 1. The van der Waals surface area contributed by atoms with Crippen LogP contribution in [0.4, 0.5) is 0 Å². The molecule has 0 aliphatic carbocycles. The van der Waals surface area contributed by atoms with Crippen molar-refractivity contribution in [3.8, 4) is 0 Å². The van der Waals surface area contributed by atoms with Crippen LogP contribution >= 0.6 is 0 Å². The minimum Gasteiger partial charge on any atom is -0.361 e. The Hall–Kier alpha value is -1.54. The fourth-order valence-electron chi connectivity index (χ4n) is 2.09. The number of hydrogen-bond donors (Lipinski definition) is 2. The van der Waals surface area contributed by atoms with Gasteiger partial charge in [0.25, 0.3) is 0 Å². The number of fused-ring (bicyclic) bond motifs is 1. The van der Waals surface area contributed by atoms with E-state index in [4.69, 9.17) is 5.73 Å². The van der Waals surface area contributed by atoms with Crippen LogP contribution < -0.4 is 5.73 Å². The number of benzene rings is 1. The van der Waals surface area contributed by atoms with Crippen LogP contribution in [0.1, 0.15) is 38.3 Å². The number of aromatic nitrogens is 1. The lowest BCUT2D eigenvalue weighted by Crippen LogP contribution is -1.99. The molecule has 3 N–H and O–H groups in total. The number of hydrogen-bond acceptors (Lipinski definition) is 1. The predicted octanol–water partition coefficient (Wildman–Crippen LogP) is 4.25. The summed E-state index contributed by atoms with van der Waals surface area (Å²) in [6.07, 6.45) is 5.16. The van der Waals surface area contributed by atoms with Gasteiger partial charge in [0, 0.05) is 22.7 Å². The molecule has 2 nitrogen and oxygen atoms in total. The van der Waals surface area contributed by atoms with E-state index in [1.165, 1.54) is 27.6 Å². The Morgan fingerprint density at radius 2 is 2.06 bits per heavy atom. The van der Waals surface area contributed by atoms with E-state index in [0.29, 0.717) is 6.54 Å². The molecule has 1 aromatic carbocycles. The number of H-pyrrole nitrogens is 1. The summed E-state index contributed by atoms with van der Waals surface area (Å²) in [6, 6.07) is 6.48. The van der Waals surface area contributed by atoms with Crippen LogP contribution in [0, 0.1) is 6.92 Å². The van der Waals surface area contributed by atoms with Gasteiger partial charge in [0.1, 0.15) is 0 Å². The molecule has 0 radical (unpaired) electrons. The molecule has 0 bridgehead atoms. The van der Waals surface area contributed by atoms with Crippen LogP contribution in [0.15, 0.2) is 30.5 Å². The van der Waals surface area contributed by atoms with Crippen LogP contribution in [0.5, 0.6) is 0 Å². The Morgan fingerprint density at radius 3 is 2.67 bits per heavy atom. The monoisotopic (exact) mass is 244 g/mol. The normalized spacial score (nSPS) is 11.3. The fourth-order valence-corrected chi connectivity index (χ4v) is 2.09. The fraction of sp³-hybridized carbons (Fsp3) is 0.375. The highest BCUT2D eigenvalue weighted by molar-refractivity contribution is 5.93. The van der Waals surface area contributed by atoms with Gasteiger partial charge in [0.05, 0.1) is 0 Å². The minimum absolute atomic E-state index is 0.693. The summed E-state index contributed by atoms with van der Waals surface area (Å²) in [6.45, 7) is 8.88. The quantitative estimate of drug-likeness (QED) is 0.832. The zero-order valence-electron chi connectivity index (χ0n) is 11.9. The summed E-state index contributed by atoms with van der Waals surface area (Å²) in [4.78, 5) is 3.31. The third kappa shape index (κ3) is 3.02. The third-order valence-electron chi connectivity index (χ3n) is 2.95. The molecule has 2 heteroatoms. The summed E-state index contributed by atoms with van der Waals surface area (Å²) >= 11 is 0. The second-order valence-electron chi connectivity index (χ2n) is 4.10. The molecule has 2 rings (SSSR count). The first-order valence-corrected chi connectivity index (χ1v) is 6.69. The smallest absolute Gasteiger partial charge is 0.0460 e. The highest BCUT2D eigenvalue weighted by Crippen LogP contribution is 2.27. The maximum Gasteiger partial charge on any atom is 0.0460 e. The second-order valence-corrected chi connectivity index (χ2v) is 4.10. The first-order valence-electron chi connectivity index (χ1n) is 6.69. The molecule has 0 saturated carbocycles. The van der Waals surface area contributed by atoms with Crippen LogP contribution in [0.3, 0.4) is 0 Å². The van der Waals surface area contributed by atoms with Crippen LogP contribution in [-0.2, 0) is 0 Å². The lowest BCUT2D eigenvalue weighted by molar-refractivity contribution is 1.02. The van der Waals surface area contributed by atoms with Gasteiger partial charge in [0.15, 0.2) is 0 Å². The summed E-state index contributed by atoms with van der Waals surface area (Å²) in [5.41, 5.74) is 10.7. The molecule has 0 aliphatic rings. The van der Waals surface area contributed by atoms with Crippen molar-refractivity contribution in [2.75, 3.05) is 6.54 Å². The van der Waals surface area contributed by atoms with E-state index in [9.17, 15) is 0 Å². The highest BCUT2D eigenvalue weighted by Gasteiger charge is 2.07. The van der Waals surface area contributed by atoms with Gasteiger partial charge >= 0.3 is 0 Å². The van der Waals surface area contributed by atoms with Gasteiger partial charge in [-0.2, -0.15) is 0 Å². The SMILES string of the molecule is C/C=C(\CCN)c1c[nH]c2ccc(C)cc12.CC. The number of rotatable bonds is 3. The maximum absolute atomic E-state index is 5.63. The molecule has 0 spiro atoms. The van der Waals surface area contributed by atoms with E-state index in [-0.39, 0.29) is 0 Å². The number of nitrogens with one attached hydrogen (secondary N) is 1. The summed E-state index contributed by atoms with van der Waals surface area (Å²) in [5, 5.41) is 1.29. The van der Waals surface area contributed by atoms with Gasteiger partial charge in [-0.3, -0.25) is 0 Å². The molecule has 2 aromatic rings. The molecule has 0 saturated heterocycles. The van der Waals surface area contributed by atoms with Crippen molar-refractivity contribution in [1.29, 1.82) is 0 Å². The lowest BCUT2D eigenvalue weighted by atomic mass is 10.0. The van der Waals surface area contributed by atoms with Crippen LogP contribution in [0.25, 0.3) is 16.5 Å². The molecule has 0 atom stereocenters. The Morgan fingerprint density at radius 1 is 1.33 bits per heavy atom. The zero-order chi connectivity index (χ0) is 13.5. The number of aryl methyl sites for hydroxylation is 1. The largest absolute Gasteiger partial charge is 0.361 e. The van der Waals surface area contributed by atoms with Gasteiger partial charge in [-0.25, -0.2) is 0 Å². The van der Waals surface area contributed by atoms with E-state index in [2.05, 4.69) is 49.3 Å². The van der Waals surface area contributed by atoms with E-state index in [0.717, 1.165) is 6.42 Å².